The van der Waals surface area contributed by atoms with Gasteiger partial charge in [0.05, 0.1) is 29.8 Å². The second kappa shape index (κ2) is 8.63. The molecule has 1 atom stereocenters. The van der Waals surface area contributed by atoms with Crippen LogP contribution in [0.3, 0.4) is 0 Å². The second-order valence-electron chi connectivity index (χ2n) is 6.16. The molecule has 2 heterocycles. The lowest BCUT2D eigenvalue weighted by molar-refractivity contribution is -0.121. The van der Waals surface area contributed by atoms with Gasteiger partial charge in [0.15, 0.2) is 0 Å². The number of piperidine rings is 1. The molecule has 1 aliphatic heterocycles. The molecule has 0 spiro atoms. The van der Waals surface area contributed by atoms with Gasteiger partial charge in [-0.25, -0.2) is 0 Å². The van der Waals surface area contributed by atoms with Gasteiger partial charge < -0.3 is 19.7 Å². The van der Waals surface area contributed by atoms with Crippen molar-refractivity contribution in [1.82, 2.24) is 4.90 Å². The van der Waals surface area contributed by atoms with E-state index in [1.165, 1.54) is 25.6 Å². The summed E-state index contributed by atoms with van der Waals surface area (Å²) in [7, 11) is 3.00. The third kappa shape index (κ3) is 4.20. The molecule has 6 nitrogen and oxygen atoms in total. The highest BCUT2D eigenvalue weighted by Crippen LogP contribution is 2.36. The Morgan fingerprint density at radius 2 is 2.00 bits per heavy atom. The van der Waals surface area contributed by atoms with E-state index in [0.29, 0.717) is 40.1 Å². The number of ether oxygens (including phenoxy) is 2. The molecule has 2 aromatic rings. The predicted octanol–water partition coefficient (Wildman–Crippen LogP) is 4.05. The maximum atomic E-state index is 13.0. The van der Waals surface area contributed by atoms with Crippen molar-refractivity contribution in [2.24, 2.45) is 0 Å². The Labute approximate surface area is 167 Å². The summed E-state index contributed by atoms with van der Waals surface area (Å²) >= 11 is 7.50. The summed E-state index contributed by atoms with van der Waals surface area (Å²) in [6, 6.07) is 6.30. The lowest BCUT2D eigenvalue weighted by atomic mass is 10.0. The molecular weight excluding hydrogens is 388 g/mol. The van der Waals surface area contributed by atoms with Crippen molar-refractivity contribution in [2.75, 3.05) is 26.1 Å². The number of halogens is 1. The minimum Gasteiger partial charge on any atom is -0.495 e. The number of likely N-dealkylation sites (tertiary alicyclic amines) is 1. The van der Waals surface area contributed by atoms with Crippen molar-refractivity contribution in [2.45, 2.75) is 25.3 Å². The first kappa shape index (κ1) is 19.5. The van der Waals surface area contributed by atoms with Gasteiger partial charge in [-0.2, -0.15) is 0 Å². The number of nitrogens with one attached hydrogen (secondary N) is 1. The van der Waals surface area contributed by atoms with Crippen molar-refractivity contribution in [3.63, 3.8) is 0 Å². The molecular formula is C19H21ClN2O4S. The number of thiophene rings is 1. The summed E-state index contributed by atoms with van der Waals surface area (Å²) in [5, 5.41) is 5.12. The third-order valence-corrected chi connectivity index (χ3v) is 5.68. The number of rotatable bonds is 5. The molecule has 27 heavy (non-hydrogen) atoms. The zero-order chi connectivity index (χ0) is 19.4. The maximum absolute atomic E-state index is 13.0. The number of nitrogens with zero attached hydrogens (tertiary/aromatic N) is 1. The number of methoxy groups -OCH3 is 2. The fraction of sp³-hybridized carbons (Fsp3) is 0.368. The number of hydrogen-bond donors (Lipinski definition) is 1. The molecule has 0 aliphatic carbocycles. The molecule has 1 fully saturated rings. The van der Waals surface area contributed by atoms with Gasteiger partial charge in [0.1, 0.15) is 17.5 Å². The Hall–Kier alpha value is -2.25. The fourth-order valence-corrected chi connectivity index (χ4v) is 4.07. The van der Waals surface area contributed by atoms with Gasteiger partial charge in [-0.15, -0.1) is 11.3 Å². The molecule has 8 heteroatoms. The molecule has 144 valence electrons. The van der Waals surface area contributed by atoms with Gasteiger partial charge in [-0.3, -0.25) is 9.59 Å². The SMILES string of the molecule is COc1cc(NC(=O)[C@@H]2CCCCN2C(=O)c2cccs2)c(OC)cc1Cl. The van der Waals surface area contributed by atoms with E-state index >= 15 is 0 Å². The van der Waals surface area contributed by atoms with Crippen LogP contribution in [0.1, 0.15) is 28.9 Å². The molecule has 1 N–H and O–H groups in total. The summed E-state index contributed by atoms with van der Waals surface area (Å²) in [5.41, 5.74) is 0.456. The summed E-state index contributed by atoms with van der Waals surface area (Å²) in [6.45, 7) is 0.565. The van der Waals surface area contributed by atoms with Gasteiger partial charge in [-0.05, 0) is 30.7 Å². The summed E-state index contributed by atoms with van der Waals surface area (Å²) < 4.78 is 10.5. The Balaban J connectivity index is 1.82. The smallest absolute Gasteiger partial charge is 0.264 e. The first-order chi connectivity index (χ1) is 13.0. The summed E-state index contributed by atoms with van der Waals surface area (Å²) in [4.78, 5) is 28.1. The number of hydrogen-bond acceptors (Lipinski definition) is 5. The number of carbonyl (C=O) groups excluding carboxylic acids is 2. The molecule has 0 saturated carbocycles. The van der Waals surface area contributed by atoms with Gasteiger partial charge in [0.25, 0.3) is 5.91 Å². The highest BCUT2D eigenvalue weighted by Gasteiger charge is 2.33. The number of amides is 2. The molecule has 1 aromatic heterocycles. The van der Waals surface area contributed by atoms with Gasteiger partial charge in [0, 0.05) is 18.7 Å². The Morgan fingerprint density at radius 1 is 1.22 bits per heavy atom. The van der Waals surface area contributed by atoms with E-state index in [2.05, 4.69) is 5.32 Å². The second-order valence-corrected chi connectivity index (χ2v) is 7.52. The van der Waals surface area contributed by atoms with Gasteiger partial charge >= 0.3 is 0 Å². The van der Waals surface area contributed by atoms with Crippen molar-refractivity contribution < 1.29 is 19.1 Å². The van der Waals surface area contributed by atoms with Crippen LogP contribution in [0.5, 0.6) is 11.5 Å². The van der Waals surface area contributed by atoms with E-state index in [-0.39, 0.29) is 11.8 Å². The molecule has 1 aromatic carbocycles. The Kier molecular flexibility index (Phi) is 6.23. The number of benzene rings is 1. The molecule has 2 amide bonds. The van der Waals surface area contributed by atoms with Crippen LogP contribution in [-0.4, -0.2) is 43.5 Å². The molecule has 0 bridgehead atoms. The van der Waals surface area contributed by atoms with E-state index in [1.807, 2.05) is 11.4 Å². The largest absolute Gasteiger partial charge is 0.495 e. The third-order valence-electron chi connectivity index (χ3n) is 4.53. The molecule has 0 unspecified atom stereocenters. The lowest BCUT2D eigenvalue weighted by Gasteiger charge is -2.34. The van der Waals surface area contributed by atoms with Gasteiger partial charge in [-0.1, -0.05) is 17.7 Å². The summed E-state index contributed by atoms with van der Waals surface area (Å²) in [6.07, 6.45) is 2.41. The van der Waals surface area contributed by atoms with E-state index in [4.69, 9.17) is 21.1 Å². The van der Waals surface area contributed by atoms with E-state index < -0.39 is 6.04 Å². The topological polar surface area (TPSA) is 67.9 Å². The molecule has 1 saturated heterocycles. The van der Waals surface area contributed by atoms with E-state index in [9.17, 15) is 9.59 Å². The fourth-order valence-electron chi connectivity index (χ4n) is 3.16. The van der Waals surface area contributed by atoms with Crippen molar-refractivity contribution >= 4 is 40.4 Å². The van der Waals surface area contributed by atoms with Crippen molar-refractivity contribution in [3.05, 3.63) is 39.5 Å². The Bertz CT molecular complexity index is 825. The lowest BCUT2D eigenvalue weighted by Crippen LogP contribution is -2.49. The standard InChI is InChI=1S/C19H21ClN2O4S/c1-25-15-11-13(16(26-2)10-12(15)20)21-18(23)14-6-3-4-8-22(14)19(24)17-7-5-9-27-17/h5,7,9-11,14H,3-4,6,8H2,1-2H3,(H,21,23)/t14-/m0/s1. The van der Waals surface area contributed by atoms with Crippen molar-refractivity contribution in [3.8, 4) is 11.5 Å². The van der Waals surface area contributed by atoms with Crippen LogP contribution >= 0.6 is 22.9 Å². The van der Waals surface area contributed by atoms with E-state index in [0.717, 1.165) is 12.8 Å². The Morgan fingerprint density at radius 3 is 2.67 bits per heavy atom. The van der Waals surface area contributed by atoms with Gasteiger partial charge in [0.2, 0.25) is 5.91 Å². The zero-order valence-electron chi connectivity index (χ0n) is 15.2. The van der Waals surface area contributed by atoms with Crippen LogP contribution in [0.15, 0.2) is 29.6 Å². The minimum atomic E-state index is -0.528. The monoisotopic (exact) mass is 408 g/mol. The quantitative estimate of drug-likeness (QED) is 0.810. The molecule has 1 aliphatic rings. The zero-order valence-corrected chi connectivity index (χ0v) is 16.7. The average molecular weight is 409 g/mol. The number of anilines is 1. The highest BCUT2D eigenvalue weighted by molar-refractivity contribution is 7.12. The van der Waals surface area contributed by atoms with Crippen LogP contribution in [0.4, 0.5) is 5.69 Å². The van der Waals surface area contributed by atoms with Crippen LogP contribution in [0, 0.1) is 0 Å². The van der Waals surface area contributed by atoms with Crippen molar-refractivity contribution in [1.29, 1.82) is 0 Å². The minimum absolute atomic E-state index is 0.106. The van der Waals surface area contributed by atoms with E-state index in [1.54, 1.807) is 23.1 Å². The maximum Gasteiger partial charge on any atom is 0.264 e. The first-order valence-corrected chi connectivity index (χ1v) is 9.87. The van der Waals surface area contributed by atoms with Crippen LogP contribution in [0.25, 0.3) is 0 Å². The van der Waals surface area contributed by atoms with Crippen LogP contribution in [-0.2, 0) is 4.79 Å². The number of carbonyl (C=O) groups is 2. The van der Waals surface area contributed by atoms with Crippen LogP contribution in [0.2, 0.25) is 5.02 Å². The molecule has 3 rings (SSSR count). The highest BCUT2D eigenvalue weighted by atomic mass is 35.5. The summed E-state index contributed by atoms with van der Waals surface area (Å²) in [5.74, 6) is 0.511. The predicted molar refractivity (Wildman–Crippen MR) is 106 cm³/mol. The average Bonchev–Trinajstić information content (AvgIpc) is 3.23. The van der Waals surface area contributed by atoms with Crippen LogP contribution < -0.4 is 14.8 Å². The first-order valence-electron chi connectivity index (χ1n) is 8.62. The molecule has 0 radical (unpaired) electrons. The normalized spacial score (nSPS) is 16.7.